The zero-order valence-corrected chi connectivity index (χ0v) is 37.0. The number of piperazine rings is 1. The van der Waals surface area contributed by atoms with Gasteiger partial charge in [-0.05, 0) is 68.9 Å². The number of nitrogens with one attached hydrogen (secondary N) is 3. The average Bonchev–Trinajstić information content (AvgIpc) is 3.94. The number of imide groups is 2. The van der Waals surface area contributed by atoms with Gasteiger partial charge >= 0.3 is 0 Å². The summed E-state index contributed by atoms with van der Waals surface area (Å²) in [6.45, 7) is 5.48. The Morgan fingerprint density at radius 2 is 1.65 bits per heavy atom. The third-order valence-electron chi connectivity index (χ3n) is 13.8. The number of likely N-dealkylation sites (N-methyl/N-ethyl adjacent to an activating group) is 1. The Labute approximate surface area is 376 Å². The molecule has 4 fully saturated rings. The van der Waals surface area contributed by atoms with Crippen LogP contribution in [0.3, 0.4) is 0 Å². The van der Waals surface area contributed by atoms with Gasteiger partial charge in [-0.25, -0.2) is 4.98 Å². The van der Waals surface area contributed by atoms with Crippen molar-refractivity contribution in [1.82, 2.24) is 35.3 Å². The van der Waals surface area contributed by atoms with Crippen LogP contribution in [0.2, 0.25) is 0 Å². The molecule has 19 nitrogen and oxygen atoms in total. The zero-order chi connectivity index (χ0) is 45.5. The Hall–Kier alpha value is -6.63. The third-order valence-corrected chi connectivity index (χ3v) is 13.8. The maximum absolute atomic E-state index is 13.6. The second-order valence-corrected chi connectivity index (χ2v) is 17.6. The molecule has 5 aliphatic heterocycles. The molecule has 65 heavy (non-hydrogen) atoms. The minimum atomic E-state index is -1.04. The normalized spacial score (nSPS) is 22.0. The predicted octanol–water partition coefficient (Wildman–Crippen LogP) is 2.68. The van der Waals surface area contributed by atoms with Gasteiger partial charge in [0.15, 0.2) is 5.82 Å². The number of hydrogen-bond acceptors (Lipinski definition) is 14. The van der Waals surface area contributed by atoms with Gasteiger partial charge in [0, 0.05) is 70.4 Å². The fraction of sp³-hybridized carbons (Fsp3) is 0.500. The number of ether oxygens (including phenoxy) is 1. The molecule has 2 atom stereocenters. The summed E-state index contributed by atoms with van der Waals surface area (Å²) in [5.74, 6) is -0.800. The molecule has 1 saturated carbocycles. The van der Waals surface area contributed by atoms with Crippen molar-refractivity contribution in [3.8, 4) is 5.75 Å². The fourth-order valence-corrected chi connectivity index (χ4v) is 10.2. The molecule has 3 saturated heterocycles. The maximum atomic E-state index is 13.6. The van der Waals surface area contributed by atoms with Crippen LogP contribution in [0.1, 0.15) is 95.8 Å². The van der Waals surface area contributed by atoms with Gasteiger partial charge in [0.25, 0.3) is 17.7 Å². The van der Waals surface area contributed by atoms with Crippen LogP contribution in [0.15, 0.2) is 42.6 Å². The second kappa shape index (κ2) is 18.1. The van der Waals surface area contributed by atoms with Gasteiger partial charge in [0.2, 0.25) is 29.6 Å². The predicted molar refractivity (Wildman–Crippen MR) is 239 cm³/mol. The van der Waals surface area contributed by atoms with Gasteiger partial charge in [0.1, 0.15) is 23.5 Å². The number of anilines is 5. The lowest BCUT2D eigenvalue weighted by molar-refractivity contribution is -0.136. The lowest BCUT2D eigenvalue weighted by Gasteiger charge is -2.43. The van der Waals surface area contributed by atoms with Gasteiger partial charge in [-0.15, -0.1) is 0 Å². The number of amides is 7. The van der Waals surface area contributed by atoms with Crippen molar-refractivity contribution in [2.45, 2.75) is 88.9 Å². The number of benzene rings is 2. The first kappa shape index (κ1) is 43.6. The molecule has 2 aromatic carbocycles. The van der Waals surface area contributed by atoms with Crippen molar-refractivity contribution in [2.24, 2.45) is 0 Å². The van der Waals surface area contributed by atoms with E-state index in [0.29, 0.717) is 92.9 Å². The largest absolute Gasteiger partial charge is 0.495 e. The Kier molecular flexibility index (Phi) is 12.1. The van der Waals surface area contributed by atoms with Gasteiger partial charge in [0.05, 0.1) is 42.4 Å². The lowest BCUT2D eigenvalue weighted by atomic mass is 10.0. The maximum Gasteiger partial charge on any atom is 0.264 e. The Balaban J connectivity index is 0.760. The van der Waals surface area contributed by atoms with E-state index < -0.39 is 29.7 Å². The van der Waals surface area contributed by atoms with Crippen LogP contribution in [0.4, 0.5) is 28.8 Å². The first-order chi connectivity index (χ1) is 31.4. The van der Waals surface area contributed by atoms with Crippen LogP contribution in [-0.4, -0.2) is 150 Å². The monoisotopic (exact) mass is 889 g/mol. The zero-order valence-electron chi connectivity index (χ0n) is 37.0. The first-order valence-electron chi connectivity index (χ1n) is 22.7. The van der Waals surface area contributed by atoms with E-state index in [2.05, 4.69) is 30.7 Å². The second-order valence-electron chi connectivity index (χ2n) is 17.6. The molecule has 3 aromatic rings. The molecule has 19 heteroatoms. The topological polar surface area (TPSA) is 210 Å². The van der Waals surface area contributed by atoms with E-state index in [1.807, 2.05) is 16.7 Å². The summed E-state index contributed by atoms with van der Waals surface area (Å²) in [6, 6.07) is 9.08. The molecule has 3 N–H and O–H groups in total. The van der Waals surface area contributed by atoms with Gasteiger partial charge < -0.3 is 35.0 Å². The molecule has 7 amide bonds. The number of rotatable bonds is 11. The minimum Gasteiger partial charge on any atom is -0.495 e. The molecule has 0 bridgehead atoms. The number of hydrogen-bond donors (Lipinski definition) is 3. The highest BCUT2D eigenvalue weighted by Crippen LogP contribution is 2.41. The summed E-state index contributed by atoms with van der Waals surface area (Å²) in [7, 11) is 3.31. The SMILES string of the molecule is CC[C@@H]1C(=O)N(C)c2cnc(Nc3ccc(C(=O)NC4CCN(C(=O)CN5CCN(c6cccc7c6C(=O)N(C6CCC(=O)NC6=O)C7=O)CC5)CC4)cc3OC)nc2N1C1CCCC1. The molecule has 342 valence electrons. The fourth-order valence-electron chi connectivity index (χ4n) is 10.2. The quantitative estimate of drug-likeness (QED) is 0.237. The van der Waals surface area contributed by atoms with Crippen LogP contribution >= 0.6 is 0 Å². The van der Waals surface area contributed by atoms with Crippen molar-refractivity contribution in [2.75, 3.05) is 80.0 Å². The highest BCUT2D eigenvalue weighted by molar-refractivity contribution is 6.25. The molecular weight excluding hydrogens is 835 g/mol. The van der Waals surface area contributed by atoms with Crippen molar-refractivity contribution in [3.63, 3.8) is 0 Å². The summed E-state index contributed by atoms with van der Waals surface area (Å²) < 4.78 is 5.71. The van der Waals surface area contributed by atoms with Gasteiger partial charge in [-0.3, -0.25) is 48.7 Å². The first-order valence-corrected chi connectivity index (χ1v) is 22.7. The number of fused-ring (bicyclic) bond motifs is 2. The molecule has 1 aliphatic carbocycles. The highest BCUT2D eigenvalue weighted by Gasteiger charge is 2.46. The van der Waals surface area contributed by atoms with Crippen molar-refractivity contribution < 1.29 is 38.3 Å². The van der Waals surface area contributed by atoms with Crippen molar-refractivity contribution >= 4 is 70.2 Å². The molecule has 0 spiro atoms. The molecule has 0 radical (unpaired) electrons. The number of nitrogens with zero attached hydrogens (tertiary/aromatic N) is 8. The van der Waals surface area contributed by atoms with E-state index in [-0.39, 0.29) is 66.4 Å². The standard InChI is InChI=1S/C46H55N11O8/c1-4-32-44(63)52(2)35-25-47-46(51-40(35)56(32)29-8-5-6-9-29)49-31-13-12-27(24-36(31)65-3)41(60)48-28-16-18-55(19-17-28)38(59)26-53-20-22-54(23-21-53)33-11-7-10-30-39(33)45(64)57(43(30)62)34-14-15-37(58)50-42(34)61/h7,10-13,24-25,28-29,32,34H,4-6,8-9,14-23,26H2,1-3H3,(H,48,60)(H,47,49,51)(H,50,58,61)/t32-,34?/m1/s1. The number of aromatic nitrogens is 2. The van der Waals surface area contributed by atoms with E-state index >= 15 is 0 Å². The van der Waals surface area contributed by atoms with Crippen LogP contribution in [-0.2, 0) is 19.2 Å². The molecule has 1 unspecified atom stereocenters. The van der Waals surface area contributed by atoms with Gasteiger partial charge in [-0.1, -0.05) is 25.8 Å². The summed E-state index contributed by atoms with van der Waals surface area (Å²) >= 11 is 0. The molecule has 6 aliphatic rings. The third kappa shape index (κ3) is 8.32. The molecule has 1 aromatic heterocycles. The summed E-state index contributed by atoms with van der Waals surface area (Å²) in [4.78, 5) is 112. The van der Waals surface area contributed by atoms with Gasteiger partial charge in [-0.2, -0.15) is 4.98 Å². The van der Waals surface area contributed by atoms with Crippen LogP contribution in [0, 0.1) is 0 Å². The Morgan fingerprint density at radius 1 is 0.892 bits per heavy atom. The Morgan fingerprint density at radius 3 is 2.35 bits per heavy atom. The summed E-state index contributed by atoms with van der Waals surface area (Å²) in [5.41, 5.74) is 2.81. The summed E-state index contributed by atoms with van der Waals surface area (Å²) in [5, 5.41) is 8.65. The molecule has 9 rings (SSSR count). The van der Waals surface area contributed by atoms with Crippen molar-refractivity contribution in [1.29, 1.82) is 0 Å². The number of likely N-dealkylation sites (tertiary alicyclic amines) is 1. The van der Waals surface area contributed by atoms with E-state index in [9.17, 15) is 33.6 Å². The molecular formula is C46H55N11O8. The number of piperidine rings is 2. The van der Waals surface area contributed by atoms with E-state index in [1.165, 1.54) is 7.11 Å². The minimum absolute atomic E-state index is 0.0113. The van der Waals surface area contributed by atoms with E-state index in [4.69, 9.17) is 9.72 Å². The van der Waals surface area contributed by atoms with Crippen LogP contribution < -0.4 is 35.4 Å². The number of carbonyl (C=O) groups excluding carboxylic acids is 7. The number of methoxy groups -OCH3 is 1. The molecule has 6 heterocycles. The average molecular weight is 890 g/mol. The van der Waals surface area contributed by atoms with Crippen molar-refractivity contribution in [3.05, 3.63) is 59.3 Å². The summed E-state index contributed by atoms with van der Waals surface area (Å²) in [6.07, 6.45) is 7.99. The Bertz CT molecular complexity index is 2420. The lowest BCUT2D eigenvalue weighted by Crippen LogP contribution is -2.55. The van der Waals surface area contributed by atoms with E-state index in [1.54, 1.807) is 54.5 Å². The van der Waals surface area contributed by atoms with Crippen LogP contribution in [0.5, 0.6) is 5.75 Å². The number of carbonyl (C=O) groups is 7. The van der Waals surface area contributed by atoms with E-state index in [0.717, 1.165) is 36.4 Å². The van der Waals surface area contributed by atoms with Crippen LogP contribution in [0.25, 0.3) is 0 Å². The smallest absolute Gasteiger partial charge is 0.264 e. The highest BCUT2D eigenvalue weighted by atomic mass is 16.5.